The van der Waals surface area contributed by atoms with E-state index in [1.165, 1.54) is 11.3 Å². The summed E-state index contributed by atoms with van der Waals surface area (Å²) in [5, 5.41) is 14.4. The van der Waals surface area contributed by atoms with Gasteiger partial charge in [0.15, 0.2) is 17.2 Å². The van der Waals surface area contributed by atoms with Crippen LogP contribution in [0.4, 0.5) is 0 Å². The zero-order valence-corrected chi connectivity index (χ0v) is 11.3. The first-order chi connectivity index (χ1) is 9.76. The highest BCUT2D eigenvalue weighted by molar-refractivity contribution is 7.19. The normalized spacial score (nSPS) is 12.8. The first-order valence-corrected chi connectivity index (χ1v) is 6.74. The third-order valence-electron chi connectivity index (χ3n) is 3.10. The number of hydrogen-bond acceptors (Lipinski definition) is 6. The summed E-state index contributed by atoms with van der Waals surface area (Å²) in [5.41, 5.74) is 2.10. The minimum atomic E-state index is 0.248. The molecule has 1 aromatic carbocycles. The average molecular weight is 284 g/mol. The molecule has 0 unspecified atom stereocenters. The molecule has 3 heterocycles. The smallest absolute Gasteiger partial charge is 0.231 e. The van der Waals surface area contributed by atoms with E-state index in [0.717, 1.165) is 16.3 Å². The molecule has 0 saturated carbocycles. The van der Waals surface area contributed by atoms with Gasteiger partial charge in [0.2, 0.25) is 11.8 Å². The molecular weight excluding hydrogens is 276 g/mol. The molecule has 4 rings (SSSR count). The first kappa shape index (κ1) is 11.3. The maximum absolute atomic E-state index is 9.13. The van der Waals surface area contributed by atoms with E-state index in [2.05, 4.69) is 16.2 Å². The van der Waals surface area contributed by atoms with Gasteiger partial charge in [-0.05, 0) is 25.1 Å². The van der Waals surface area contributed by atoms with E-state index in [1.54, 1.807) is 11.4 Å². The van der Waals surface area contributed by atoms with Crippen molar-refractivity contribution in [3.63, 3.8) is 0 Å². The molecule has 0 aliphatic carbocycles. The standard InChI is InChI=1S/C13H8N4O2S/c1-7-9(5-14)17-13(15-7)20-12(16-17)8-2-3-10-11(4-8)19-6-18-10/h2-4H,6H2,1H3. The summed E-state index contributed by atoms with van der Waals surface area (Å²) < 4.78 is 12.2. The second-order valence-corrected chi connectivity index (χ2v) is 5.28. The largest absolute Gasteiger partial charge is 0.454 e. The average Bonchev–Trinajstić information content (AvgIpc) is 3.10. The van der Waals surface area contributed by atoms with Gasteiger partial charge in [0.1, 0.15) is 11.1 Å². The molecule has 0 fully saturated rings. The number of aryl methyl sites for hydroxylation is 1. The van der Waals surface area contributed by atoms with E-state index in [0.29, 0.717) is 22.1 Å². The van der Waals surface area contributed by atoms with Crippen molar-refractivity contribution in [2.45, 2.75) is 6.92 Å². The minimum Gasteiger partial charge on any atom is -0.454 e. The van der Waals surface area contributed by atoms with Crippen LogP contribution < -0.4 is 9.47 Å². The molecule has 3 aromatic rings. The Morgan fingerprint density at radius 1 is 1.35 bits per heavy atom. The lowest BCUT2D eigenvalue weighted by Crippen LogP contribution is -1.92. The van der Waals surface area contributed by atoms with Gasteiger partial charge < -0.3 is 9.47 Å². The van der Waals surface area contributed by atoms with Crippen LogP contribution in [0, 0.1) is 18.3 Å². The van der Waals surface area contributed by atoms with E-state index in [4.69, 9.17) is 14.7 Å². The molecule has 0 bridgehead atoms. The molecule has 0 spiro atoms. The second-order valence-electron chi connectivity index (χ2n) is 4.33. The van der Waals surface area contributed by atoms with Crippen LogP contribution in [0.5, 0.6) is 11.5 Å². The Balaban J connectivity index is 1.87. The molecule has 0 saturated heterocycles. The zero-order valence-electron chi connectivity index (χ0n) is 10.5. The Kier molecular flexibility index (Phi) is 2.22. The number of benzene rings is 1. The van der Waals surface area contributed by atoms with Crippen molar-refractivity contribution < 1.29 is 9.47 Å². The quantitative estimate of drug-likeness (QED) is 0.686. The van der Waals surface area contributed by atoms with E-state index in [-0.39, 0.29) is 6.79 Å². The van der Waals surface area contributed by atoms with Crippen LogP contribution >= 0.6 is 11.3 Å². The van der Waals surface area contributed by atoms with Crippen molar-refractivity contribution in [2.24, 2.45) is 0 Å². The molecule has 2 aromatic heterocycles. The number of rotatable bonds is 1. The molecule has 0 radical (unpaired) electrons. The molecule has 0 N–H and O–H groups in total. The highest BCUT2D eigenvalue weighted by Gasteiger charge is 2.18. The molecule has 1 aliphatic rings. The summed E-state index contributed by atoms with van der Waals surface area (Å²) in [5.74, 6) is 1.45. The van der Waals surface area contributed by atoms with Crippen LogP contribution in [0.3, 0.4) is 0 Å². The predicted molar refractivity (Wildman–Crippen MR) is 71.9 cm³/mol. The summed E-state index contributed by atoms with van der Waals surface area (Å²) in [4.78, 5) is 5.06. The van der Waals surface area contributed by atoms with Crippen molar-refractivity contribution in [1.29, 1.82) is 5.26 Å². The SMILES string of the molecule is Cc1nc2sc(-c3ccc4c(c3)OCO4)nn2c1C#N. The lowest BCUT2D eigenvalue weighted by molar-refractivity contribution is 0.174. The Morgan fingerprint density at radius 3 is 3.05 bits per heavy atom. The van der Waals surface area contributed by atoms with Crippen molar-refractivity contribution in [2.75, 3.05) is 6.79 Å². The van der Waals surface area contributed by atoms with Gasteiger partial charge in [-0.3, -0.25) is 0 Å². The number of ether oxygens (including phenoxy) is 2. The van der Waals surface area contributed by atoms with Gasteiger partial charge in [-0.1, -0.05) is 11.3 Å². The Morgan fingerprint density at radius 2 is 2.20 bits per heavy atom. The number of fused-ring (bicyclic) bond motifs is 2. The summed E-state index contributed by atoms with van der Waals surface area (Å²) in [7, 11) is 0. The molecule has 0 atom stereocenters. The lowest BCUT2D eigenvalue weighted by Gasteiger charge is -1.98. The highest BCUT2D eigenvalue weighted by atomic mass is 32.1. The summed E-state index contributed by atoms with van der Waals surface area (Å²) in [6.07, 6.45) is 0. The molecule has 7 heteroatoms. The minimum absolute atomic E-state index is 0.248. The van der Waals surface area contributed by atoms with Crippen molar-refractivity contribution in [3.05, 3.63) is 29.6 Å². The predicted octanol–water partition coefficient (Wildman–Crippen LogP) is 2.37. The zero-order chi connectivity index (χ0) is 13.7. The summed E-state index contributed by atoms with van der Waals surface area (Å²) in [6, 6.07) is 7.79. The second kappa shape index (κ2) is 3.95. The van der Waals surface area contributed by atoms with E-state index >= 15 is 0 Å². The number of nitriles is 1. The van der Waals surface area contributed by atoms with Gasteiger partial charge in [-0.2, -0.15) is 14.9 Å². The third kappa shape index (κ3) is 1.49. The lowest BCUT2D eigenvalue weighted by atomic mass is 10.2. The third-order valence-corrected chi connectivity index (χ3v) is 4.06. The van der Waals surface area contributed by atoms with Crippen LogP contribution in [-0.2, 0) is 0 Å². The van der Waals surface area contributed by atoms with Gasteiger partial charge in [-0.15, -0.1) is 0 Å². The van der Waals surface area contributed by atoms with Crippen molar-refractivity contribution in [1.82, 2.24) is 14.6 Å². The molecule has 0 amide bonds. The van der Waals surface area contributed by atoms with Gasteiger partial charge >= 0.3 is 0 Å². The first-order valence-electron chi connectivity index (χ1n) is 5.92. The van der Waals surface area contributed by atoms with E-state index in [1.807, 2.05) is 18.2 Å². The van der Waals surface area contributed by atoms with Crippen LogP contribution in [0.25, 0.3) is 15.5 Å². The fourth-order valence-corrected chi connectivity index (χ4v) is 3.07. The molecule has 6 nitrogen and oxygen atoms in total. The number of aromatic nitrogens is 3. The van der Waals surface area contributed by atoms with Gasteiger partial charge in [0, 0.05) is 5.56 Å². The summed E-state index contributed by atoms with van der Waals surface area (Å²) >= 11 is 1.44. The van der Waals surface area contributed by atoms with Crippen molar-refractivity contribution >= 4 is 16.3 Å². The van der Waals surface area contributed by atoms with Crippen molar-refractivity contribution in [3.8, 4) is 28.1 Å². The van der Waals surface area contributed by atoms with Crippen LogP contribution in [0.15, 0.2) is 18.2 Å². The van der Waals surface area contributed by atoms with E-state index in [9.17, 15) is 0 Å². The molecule has 98 valence electrons. The van der Waals surface area contributed by atoms with Crippen LogP contribution in [0.1, 0.15) is 11.4 Å². The highest BCUT2D eigenvalue weighted by Crippen LogP contribution is 2.37. The fraction of sp³-hybridized carbons (Fsp3) is 0.154. The molecule has 20 heavy (non-hydrogen) atoms. The maximum atomic E-state index is 9.13. The Labute approximate surface area is 117 Å². The maximum Gasteiger partial charge on any atom is 0.231 e. The number of imidazole rings is 1. The van der Waals surface area contributed by atoms with Crippen LogP contribution in [-0.4, -0.2) is 21.4 Å². The Bertz CT molecular complexity index is 874. The van der Waals surface area contributed by atoms with Gasteiger partial charge in [0.05, 0.1) is 5.69 Å². The monoisotopic (exact) mass is 284 g/mol. The Hall–Kier alpha value is -2.59. The summed E-state index contributed by atoms with van der Waals surface area (Å²) in [6.45, 7) is 2.05. The number of nitrogens with zero attached hydrogens (tertiary/aromatic N) is 4. The number of hydrogen-bond donors (Lipinski definition) is 0. The van der Waals surface area contributed by atoms with Crippen LogP contribution in [0.2, 0.25) is 0 Å². The topological polar surface area (TPSA) is 72.4 Å². The molecule has 1 aliphatic heterocycles. The van der Waals surface area contributed by atoms with Gasteiger partial charge in [0.25, 0.3) is 0 Å². The molecular formula is C13H8N4O2S. The fourth-order valence-electron chi connectivity index (χ4n) is 2.12. The van der Waals surface area contributed by atoms with Gasteiger partial charge in [-0.25, -0.2) is 4.98 Å². The van der Waals surface area contributed by atoms with E-state index < -0.39 is 0 Å².